The number of carbonyl (C=O) groups excluding carboxylic acids is 2. The zero-order valence-corrected chi connectivity index (χ0v) is 16.4. The predicted octanol–water partition coefficient (Wildman–Crippen LogP) is 3.97. The lowest BCUT2D eigenvalue weighted by Crippen LogP contribution is -2.50. The number of aliphatic imine (C=N–C) groups is 1. The minimum absolute atomic E-state index is 0.104. The number of nitrogens with zero attached hydrogens (tertiary/aromatic N) is 2. The van der Waals surface area contributed by atoms with Crippen LogP contribution in [-0.4, -0.2) is 39.9 Å². The first-order chi connectivity index (χ1) is 13.1. The zero-order chi connectivity index (χ0) is 22.2. The van der Waals surface area contributed by atoms with Crippen LogP contribution in [-0.2, 0) is 15.3 Å². The molecule has 5 nitrogen and oxygen atoms in total. The molecular weight excluding hydrogens is 444 g/mol. The Balaban J connectivity index is 2.40. The van der Waals surface area contributed by atoms with Crippen molar-refractivity contribution in [2.45, 2.75) is 37.5 Å². The fourth-order valence-corrected chi connectivity index (χ4v) is 3.42. The first-order valence-corrected chi connectivity index (χ1v) is 9.18. The molecule has 0 saturated heterocycles. The number of anilines is 1. The number of thioether (sulfide) groups is 1. The van der Waals surface area contributed by atoms with Crippen LogP contribution < -0.4 is 10.2 Å². The van der Waals surface area contributed by atoms with Crippen molar-refractivity contribution in [3.05, 3.63) is 29.8 Å². The third kappa shape index (κ3) is 5.26. The van der Waals surface area contributed by atoms with Crippen molar-refractivity contribution < 1.29 is 35.9 Å². The van der Waals surface area contributed by atoms with Gasteiger partial charge in [-0.05, 0) is 25.5 Å². The van der Waals surface area contributed by atoms with Crippen molar-refractivity contribution in [3.63, 3.8) is 0 Å². The molecule has 0 saturated carbocycles. The highest BCUT2D eigenvalue weighted by Gasteiger charge is 2.53. The molecular formula is C16H13F6N3O2S2. The van der Waals surface area contributed by atoms with Crippen LogP contribution in [0.5, 0.6) is 0 Å². The third-order valence-corrected chi connectivity index (χ3v) is 5.17. The van der Waals surface area contributed by atoms with Gasteiger partial charge >= 0.3 is 24.2 Å². The number of para-hydroxylation sites is 1. The van der Waals surface area contributed by atoms with Crippen molar-refractivity contribution >= 4 is 51.6 Å². The molecule has 0 atom stereocenters. The van der Waals surface area contributed by atoms with E-state index in [0.29, 0.717) is 10.2 Å². The van der Waals surface area contributed by atoms with Crippen molar-refractivity contribution in [3.8, 4) is 0 Å². The van der Waals surface area contributed by atoms with E-state index in [1.807, 2.05) is 0 Å². The molecule has 1 N–H and O–H groups in total. The molecule has 0 aromatic heterocycles. The Hall–Kier alpha value is -2.15. The lowest BCUT2D eigenvalue weighted by molar-refractivity contribution is -0.181. The van der Waals surface area contributed by atoms with Gasteiger partial charge in [0.05, 0.1) is 5.69 Å². The van der Waals surface area contributed by atoms with E-state index in [0.717, 1.165) is 23.9 Å². The molecule has 1 aromatic carbocycles. The van der Waals surface area contributed by atoms with E-state index in [4.69, 9.17) is 12.2 Å². The molecule has 29 heavy (non-hydrogen) atoms. The summed E-state index contributed by atoms with van der Waals surface area (Å²) in [5, 5.41) is 3.10. The first-order valence-electron chi connectivity index (χ1n) is 7.79. The van der Waals surface area contributed by atoms with Crippen molar-refractivity contribution in [2.24, 2.45) is 4.99 Å². The van der Waals surface area contributed by atoms with Crippen LogP contribution in [0.1, 0.15) is 19.4 Å². The average molecular weight is 457 g/mol. The average Bonchev–Trinajstić information content (AvgIpc) is 2.84. The highest BCUT2D eigenvalue weighted by atomic mass is 32.2. The number of nitrogens with one attached hydrogen (secondary N) is 1. The number of hydrogen-bond donors (Lipinski definition) is 1. The Morgan fingerprint density at radius 1 is 1.10 bits per heavy atom. The highest BCUT2D eigenvalue weighted by Crippen LogP contribution is 2.33. The second-order valence-corrected chi connectivity index (χ2v) is 7.66. The monoisotopic (exact) mass is 457 g/mol. The molecule has 1 aliphatic heterocycles. The fraction of sp³-hybridized carbons (Fsp3) is 0.375. The van der Waals surface area contributed by atoms with Gasteiger partial charge in [-0.2, -0.15) is 26.3 Å². The normalized spacial score (nSPS) is 16.3. The van der Waals surface area contributed by atoms with Crippen molar-refractivity contribution in [1.29, 1.82) is 0 Å². The van der Waals surface area contributed by atoms with Gasteiger partial charge in [-0.15, -0.1) is 0 Å². The quantitative estimate of drug-likeness (QED) is 0.550. The fourth-order valence-electron chi connectivity index (χ4n) is 2.21. The van der Waals surface area contributed by atoms with E-state index in [1.165, 1.54) is 12.1 Å². The van der Waals surface area contributed by atoms with E-state index in [-0.39, 0.29) is 11.3 Å². The molecule has 1 aromatic rings. The van der Waals surface area contributed by atoms with Gasteiger partial charge < -0.3 is 5.32 Å². The molecule has 0 fully saturated rings. The van der Waals surface area contributed by atoms with E-state index in [9.17, 15) is 35.9 Å². The molecule has 2 rings (SSSR count). The number of hydrogen-bond acceptors (Lipinski definition) is 5. The molecule has 0 bridgehead atoms. The Labute approximate surface area is 170 Å². The number of benzene rings is 1. The number of rotatable bonds is 3. The molecule has 0 unspecified atom stereocenters. The van der Waals surface area contributed by atoms with Gasteiger partial charge in [0, 0.05) is 5.75 Å². The van der Waals surface area contributed by atoms with Crippen molar-refractivity contribution in [2.75, 3.05) is 4.90 Å². The topological polar surface area (TPSA) is 61.8 Å². The molecule has 2 amide bonds. The van der Waals surface area contributed by atoms with Crippen LogP contribution in [0.3, 0.4) is 0 Å². The van der Waals surface area contributed by atoms with Gasteiger partial charge in [-0.1, -0.05) is 42.2 Å². The SMILES string of the molecule is CC1(C)N=C(SCc2ccccc2N(C(=O)C(F)(F)F)C(=O)C(F)(F)F)NC1=S. The first kappa shape index (κ1) is 23.1. The van der Waals surface area contributed by atoms with Gasteiger partial charge in [-0.3, -0.25) is 9.59 Å². The minimum atomic E-state index is -5.69. The number of amidine groups is 1. The molecule has 13 heteroatoms. The Morgan fingerprint density at radius 2 is 1.62 bits per heavy atom. The maximum absolute atomic E-state index is 12.9. The zero-order valence-electron chi connectivity index (χ0n) is 14.8. The van der Waals surface area contributed by atoms with E-state index < -0.39 is 40.3 Å². The maximum Gasteiger partial charge on any atom is 0.472 e. The van der Waals surface area contributed by atoms with Crippen LogP contribution in [0.2, 0.25) is 0 Å². The summed E-state index contributed by atoms with van der Waals surface area (Å²) in [6.07, 6.45) is -11.4. The van der Waals surface area contributed by atoms with Crippen molar-refractivity contribution in [1.82, 2.24) is 5.32 Å². The maximum atomic E-state index is 12.9. The summed E-state index contributed by atoms with van der Waals surface area (Å²) < 4.78 is 77.2. The van der Waals surface area contributed by atoms with E-state index in [2.05, 4.69) is 10.3 Å². The van der Waals surface area contributed by atoms with Crippen LogP contribution in [0.15, 0.2) is 29.3 Å². The number of amides is 2. The number of thiocarbonyl (C=S) groups is 1. The van der Waals surface area contributed by atoms with Gasteiger partial charge in [-0.25, -0.2) is 9.89 Å². The van der Waals surface area contributed by atoms with Gasteiger partial charge in [0.2, 0.25) is 0 Å². The summed E-state index contributed by atoms with van der Waals surface area (Å²) in [6.45, 7) is 3.44. The van der Waals surface area contributed by atoms with E-state index >= 15 is 0 Å². The summed E-state index contributed by atoms with van der Waals surface area (Å²) >= 11 is 6.05. The van der Waals surface area contributed by atoms with Gasteiger partial charge in [0.25, 0.3) is 0 Å². The lowest BCUT2D eigenvalue weighted by Gasteiger charge is -2.25. The van der Waals surface area contributed by atoms with Gasteiger partial charge in [0.15, 0.2) is 5.17 Å². The van der Waals surface area contributed by atoms with Crippen LogP contribution in [0, 0.1) is 0 Å². The molecule has 1 aliphatic rings. The predicted molar refractivity (Wildman–Crippen MR) is 99.6 cm³/mol. The second-order valence-electron chi connectivity index (χ2n) is 6.29. The Kier molecular flexibility index (Phi) is 6.33. The summed E-state index contributed by atoms with van der Waals surface area (Å²) in [7, 11) is 0. The number of imide groups is 1. The third-order valence-electron chi connectivity index (χ3n) is 3.65. The second kappa shape index (κ2) is 7.94. The summed E-state index contributed by atoms with van der Waals surface area (Å²) in [5.41, 5.74) is -1.63. The number of carbonyl (C=O) groups is 2. The Bertz CT molecular complexity index is 854. The highest BCUT2D eigenvalue weighted by molar-refractivity contribution is 8.13. The molecule has 158 valence electrons. The number of alkyl halides is 6. The standard InChI is InChI=1S/C16H13F6N3O2S2/c1-14(2)10(28)23-13(24-14)29-7-8-5-3-4-6-9(8)25(11(26)15(17,18)19)12(27)16(20,21)22/h3-6H,7H2,1-2H3,(H,23,24,28). The largest absolute Gasteiger partial charge is 0.472 e. The lowest BCUT2D eigenvalue weighted by atomic mass is 10.1. The minimum Gasteiger partial charge on any atom is -0.327 e. The molecule has 1 heterocycles. The molecule has 0 radical (unpaired) electrons. The number of halogens is 6. The van der Waals surface area contributed by atoms with Crippen LogP contribution in [0.25, 0.3) is 0 Å². The Morgan fingerprint density at radius 3 is 2.07 bits per heavy atom. The van der Waals surface area contributed by atoms with Gasteiger partial charge in [0.1, 0.15) is 10.5 Å². The molecule has 0 spiro atoms. The van der Waals surface area contributed by atoms with E-state index in [1.54, 1.807) is 13.8 Å². The van der Waals surface area contributed by atoms with Crippen LogP contribution >= 0.6 is 24.0 Å². The summed E-state index contributed by atoms with van der Waals surface area (Å²) in [6, 6.07) is 4.52. The summed E-state index contributed by atoms with van der Waals surface area (Å²) in [5.74, 6) is -6.04. The smallest absolute Gasteiger partial charge is 0.327 e. The van der Waals surface area contributed by atoms with Crippen LogP contribution in [0.4, 0.5) is 32.0 Å². The molecule has 0 aliphatic carbocycles. The summed E-state index contributed by atoms with van der Waals surface area (Å²) in [4.78, 5) is 27.0.